The zero-order chi connectivity index (χ0) is 23.1. The Bertz CT molecular complexity index is 1360. The van der Waals surface area contributed by atoms with Crippen LogP contribution in [0.25, 0.3) is 10.2 Å². The quantitative estimate of drug-likeness (QED) is 0.392. The second-order valence-electron chi connectivity index (χ2n) is 7.99. The van der Waals surface area contributed by atoms with Crippen molar-refractivity contribution in [1.82, 2.24) is 4.98 Å². The monoisotopic (exact) mass is 459 g/mol. The molecule has 0 atom stereocenters. The predicted octanol–water partition coefficient (Wildman–Crippen LogP) is 5.01. The summed E-state index contributed by atoms with van der Waals surface area (Å²) < 4.78 is 6.51. The van der Waals surface area contributed by atoms with Crippen LogP contribution in [0.3, 0.4) is 0 Å². The van der Waals surface area contributed by atoms with Gasteiger partial charge in [-0.3, -0.25) is 24.2 Å². The average molecular weight is 460 g/mol. The van der Waals surface area contributed by atoms with Crippen molar-refractivity contribution in [3.05, 3.63) is 77.2 Å². The van der Waals surface area contributed by atoms with E-state index in [2.05, 4.69) is 6.07 Å². The Kier molecular flexibility index (Phi) is 5.30. The molecule has 0 radical (unpaired) electrons. The van der Waals surface area contributed by atoms with Gasteiger partial charge in [0.1, 0.15) is 5.76 Å². The normalized spacial score (nSPS) is 13.8. The first-order valence-electron chi connectivity index (χ1n) is 10.6. The lowest BCUT2D eigenvalue weighted by Gasteiger charge is -2.19. The number of aryl methyl sites for hydroxylation is 2. The Hall–Kier alpha value is -3.78. The van der Waals surface area contributed by atoms with E-state index in [0.717, 1.165) is 21.3 Å². The third-order valence-corrected chi connectivity index (χ3v) is 6.91. The van der Waals surface area contributed by atoms with Gasteiger partial charge < -0.3 is 4.42 Å². The van der Waals surface area contributed by atoms with Gasteiger partial charge in [-0.15, -0.1) is 0 Å². The largest absolute Gasteiger partial charge is 0.467 e. The molecule has 7 nitrogen and oxygen atoms in total. The van der Waals surface area contributed by atoms with Crippen LogP contribution in [-0.4, -0.2) is 22.7 Å². The molecule has 2 aromatic carbocycles. The summed E-state index contributed by atoms with van der Waals surface area (Å²) in [5, 5.41) is 0.578. The molecule has 0 bridgehead atoms. The van der Waals surface area contributed by atoms with Crippen molar-refractivity contribution < 1.29 is 18.8 Å². The van der Waals surface area contributed by atoms with Gasteiger partial charge in [-0.05, 0) is 67.4 Å². The molecule has 0 N–H and O–H groups in total. The van der Waals surface area contributed by atoms with Gasteiger partial charge in [0, 0.05) is 18.4 Å². The van der Waals surface area contributed by atoms with E-state index in [1.165, 1.54) is 16.2 Å². The molecule has 2 aromatic heterocycles. The number of fused-ring (bicyclic) bond motifs is 1. The molecule has 33 heavy (non-hydrogen) atoms. The number of furan rings is 1. The Morgan fingerprint density at radius 2 is 1.79 bits per heavy atom. The van der Waals surface area contributed by atoms with Crippen LogP contribution < -0.4 is 9.80 Å². The Labute approximate surface area is 194 Å². The van der Waals surface area contributed by atoms with E-state index in [4.69, 9.17) is 9.40 Å². The minimum Gasteiger partial charge on any atom is -0.467 e. The highest BCUT2D eigenvalue weighted by Crippen LogP contribution is 2.34. The summed E-state index contributed by atoms with van der Waals surface area (Å²) in [4.78, 5) is 45.2. The standard InChI is InChI=1S/C25H21N3O4S/c1-15-5-10-20-23(16(15)2)26-25(33-20)27(14-19-4-3-13-32-19)24(31)17-6-8-18(9-7-17)28-21(29)11-12-22(28)30/h3-10,13H,11-12,14H2,1-2H3. The second kappa shape index (κ2) is 8.29. The highest BCUT2D eigenvalue weighted by Gasteiger charge is 2.30. The molecule has 0 saturated carbocycles. The highest BCUT2D eigenvalue weighted by molar-refractivity contribution is 7.22. The molecular formula is C25H21N3O4S. The maximum atomic E-state index is 13.6. The fourth-order valence-corrected chi connectivity index (χ4v) is 4.91. The zero-order valence-corrected chi connectivity index (χ0v) is 19.0. The lowest BCUT2D eigenvalue weighted by molar-refractivity contribution is -0.121. The number of carbonyl (C=O) groups is 3. The number of amides is 3. The number of thiazole rings is 1. The van der Waals surface area contributed by atoms with Crippen LogP contribution in [0.4, 0.5) is 10.8 Å². The molecule has 1 saturated heterocycles. The van der Waals surface area contributed by atoms with Crippen molar-refractivity contribution in [1.29, 1.82) is 0 Å². The van der Waals surface area contributed by atoms with Gasteiger partial charge in [-0.1, -0.05) is 17.4 Å². The molecule has 3 heterocycles. The number of carbonyl (C=O) groups excluding carboxylic acids is 3. The maximum absolute atomic E-state index is 13.6. The molecule has 3 amide bonds. The van der Waals surface area contributed by atoms with Crippen molar-refractivity contribution in [3.8, 4) is 0 Å². The minimum atomic E-state index is -0.245. The third kappa shape index (κ3) is 3.82. The molecule has 0 spiro atoms. The SMILES string of the molecule is Cc1ccc2sc(N(Cc3ccco3)C(=O)c3ccc(N4C(=O)CCC4=O)cc3)nc2c1C. The van der Waals surface area contributed by atoms with E-state index < -0.39 is 0 Å². The molecule has 1 fully saturated rings. The number of anilines is 2. The predicted molar refractivity (Wildman–Crippen MR) is 126 cm³/mol. The zero-order valence-electron chi connectivity index (χ0n) is 18.2. The van der Waals surface area contributed by atoms with Gasteiger partial charge >= 0.3 is 0 Å². The van der Waals surface area contributed by atoms with E-state index in [1.807, 2.05) is 26.0 Å². The van der Waals surface area contributed by atoms with Crippen LogP contribution in [0.2, 0.25) is 0 Å². The van der Waals surface area contributed by atoms with Crippen LogP contribution in [0.5, 0.6) is 0 Å². The Morgan fingerprint density at radius 3 is 2.45 bits per heavy atom. The van der Waals surface area contributed by atoms with Gasteiger partial charge in [-0.25, -0.2) is 4.98 Å². The summed E-state index contributed by atoms with van der Waals surface area (Å²) in [5.41, 5.74) is 4.02. The van der Waals surface area contributed by atoms with E-state index >= 15 is 0 Å². The average Bonchev–Trinajstić information content (AvgIpc) is 3.55. The van der Waals surface area contributed by atoms with Gasteiger partial charge in [0.05, 0.1) is 28.7 Å². The number of benzene rings is 2. The topological polar surface area (TPSA) is 83.7 Å². The van der Waals surface area contributed by atoms with Crippen molar-refractivity contribution >= 4 is 50.1 Å². The van der Waals surface area contributed by atoms with Gasteiger partial charge in [0.15, 0.2) is 5.13 Å². The number of imide groups is 1. The van der Waals surface area contributed by atoms with E-state index in [0.29, 0.717) is 22.1 Å². The number of nitrogens with zero attached hydrogens (tertiary/aromatic N) is 3. The molecule has 166 valence electrons. The number of hydrogen-bond donors (Lipinski definition) is 0. The Morgan fingerprint density at radius 1 is 1.06 bits per heavy atom. The van der Waals surface area contributed by atoms with Crippen molar-refractivity contribution in [2.24, 2.45) is 0 Å². The molecular weight excluding hydrogens is 438 g/mol. The van der Waals surface area contributed by atoms with Gasteiger partial charge in [-0.2, -0.15) is 0 Å². The molecule has 0 unspecified atom stereocenters. The first-order chi connectivity index (χ1) is 15.9. The van der Waals surface area contributed by atoms with Crippen molar-refractivity contribution in [2.75, 3.05) is 9.80 Å². The summed E-state index contributed by atoms with van der Waals surface area (Å²) in [6.07, 6.45) is 2.00. The van der Waals surface area contributed by atoms with Crippen LogP contribution in [0, 0.1) is 13.8 Å². The first kappa shape index (κ1) is 21.1. The second-order valence-corrected chi connectivity index (χ2v) is 9.00. The van der Waals surface area contributed by atoms with Gasteiger partial charge in [0.25, 0.3) is 5.91 Å². The summed E-state index contributed by atoms with van der Waals surface area (Å²) in [5.74, 6) is -0.0526. The molecule has 5 rings (SSSR count). The van der Waals surface area contributed by atoms with E-state index in [-0.39, 0.29) is 37.1 Å². The smallest absolute Gasteiger partial charge is 0.260 e. The van der Waals surface area contributed by atoms with Crippen molar-refractivity contribution in [2.45, 2.75) is 33.2 Å². The Balaban J connectivity index is 1.50. The molecule has 4 aromatic rings. The highest BCUT2D eigenvalue weighted by atomic mass is 32.1. The number of rotatable bonds is 5. The molecule has 8 heteroatoms. The van der Waals surface area contributed by atoms with Crippen LogP contribution >= 0.6 is 11.3 Å². The lowest BCUT2D eigenvalue weighted by atomic mass is 10.1. The molecule has 1 aliphatic rings. The van der Waals surface area contributed by atoms with E-state index in [1.54, 1.807) is 41.5 Å². The van der Waals surface area contributed by atoms with Crippen LogP contribution in [0.1, 0.15) is 40.1 Å². The third-order valence-electron chi connectivity index (χ3n) is 5.87. The van der Waals surface area contributed by atoms with Gasteiger partial charge in [0.2, 0.25) is 11.8 Å². The van der Waals surface area contributed by atoms with Crippen LogP contribution in [0.15, 0.2) is 59.2 Å². The fourth-order valence-electron chi connectivity index (χ4n) is 3.89. The van der Waals surface area contributed by atoms with Crippen molar-refractivity contribution in [3.63, 3.8) is 0 Å². The number of aromatic nitrogens is 1. The summed E-state index contributed by atoms with van der Waals surface area (Å²) >= 11 is 1.45. The summed E-state index contributed by atoms with van der Waals surface area (Å²) in [6.45, 7) is 4.30. The summed E-state index contributed by atoms with van der Waals surface area (Å²) in [6, 6.07) is 14.2. The number of hydrogen-bond acceptors (Lipinski definition) is 6. The van der Waals surface area contributed by atoms with E-state index in [9.17, 15) is 14.4 Å². The lowest BCUT2D eigenvalue weighted by Crippen LogP contribution is -2.31. The minimum absolute atomic E-state index is 0.215. The van der Waals surface area contributed by atoms with Crippen LogP contribution in [-0.2, 0) is 16.1 Å². The first-order valence-corrected chi connectivity index (χ1v) is 11.4. The molecule has 0 aliphatic carbocycles. The maximum Gasteiger partial charge on any atom is 0.260 e. The fraction of sp³-hybridized carbons (Fsp3) is 0.200. The molecule has 1 aliphatic heterocycles. The summed E-state index contributed by atoms with van der Waals surface area (Å²) in [7, 11) is 0.